The average molecular weight is 303 g/mol. The van der Waals surface area contributed by atoms with Gasteiger partial charge in [-0.25, -0.2) is 4.39 Å². The number of carboxylic acid groups (broad SMARTS) is 1. The van der Waals surface area contributed by atoms with E-state index in [1.54, 1.807) is 0 Å². The lowest BCUT2D eigenvalue weighted by molar-refractivity contribution is -0.137. The molecule has 0 aliphatic rings. The van der Waals surface area contributed by atoms with Crippen molar-refractivity contribution in [1.82, 2.24) is 0 Å². The standard InChI is InChI=1S/C12H12BrFO3/c13-9-7-8(5-6-10(9)14)11(15)3-1-2-4-12(16)17/h5-7H,1-4H2,(H,16,17). The van der Waals surface area contributed by atoms with E-state index in [9.17, 15) is 14.0 Å². The van der Waals surface area contributed by atoms with Crippen molar-refractivity contribution in [2.75, 3.05) is 0 Å². The van der Waals surface area contributed by atoms with E-state index >= 15 is 0 Å². The van der Waals surface area contributed by atoms with E-state index in [2.05, 4.69) is 15.9 Å². The Bertz CT molecular complexity index is 432. The molecule has 1 aromatic carbocycles. The van der Waals surface area contributed by atoms with Gasteiger partial charge in [0.15, 0.2) is 5.78 Å². The SMILES string of the molecule is O=C(O)CCCCC(=O)c1ccc(F)c(Br)c1. The number of halogens is 2. The molecule has 3 nitrogen and oxygen atoms in total. The molecule has 5 heteroatoms. The Morgan fingerprint density at radius 1 is 1.24 bits per heavy atom. The zero-order valence-electron chi connectivity index (χ0n) is 9.08. The molecule has 0 heterocycles. The molecule has 0 fully saturated rings. The van der Waals surface area contributed by atoms with Crippen LogP contribution in [0.2, 0.25) is 0 Å². The first kappa shape index (κ1) is 13.8. The quantitative estimate of drug-likeness (QED) is 0.647. The summed E-state index contributed by atoms with van der Waals surface area (Å²) in [5.74, 6) is -1.37. The molecule has 0 saturated carbocycles. The van der Waals surface area contributed by atoms with Crippen molar-refractivity contribution in [1.29, 1.82) is 0 Å². The lowest BCUT2D eigenvalue weighted by atomic mass is 10.0. The molecule has 92 valence electrons. The number of carbonyl (C=O) groups is 2. The van der Waals surface area contributed by atoms with Gasteiger partial charge >= 0.3 is 5.97 Å². The number of ketones is 1. The number of carboxylic acids is 1. The van der Waals surface area contributed by atoms with Gasteiger partial charge < -0.3 is 5.11 Å². The van der Waals surface area contributed by atoms with Crippen LogP contribution in [0.15, 0.2) is 22.7 Å². The lowest BCUT2D eigenvalue weighted by Crippen LogP contribution is -2.01. The van der Waals surface area contributed by atoms with E-state index in [1.165, 1.54) is 18.2 Å². The molecular formula is C12H12BrFO3. The zero-order chi connectivity index (χ0) is 12.8. The van der Waals surface area contributed by atoms with Crippen LogP contribution in [0.4, 0.5) is 4.39 Å². The average Bonchev–Trinajstić information content (AvgIpc) is 2.27. The summed E-state index contributed by atoms with van der Waals surface area (Å²) in [6, 6.07) is 4.10. The van der Waals surface area contributed by atoms with Crippen LogP contribution >= 0.6 is 15.9 Å². The Hall–Kier alpha value is -1.23. The molecule has 0 aliphatic carbocycles. The second-order valence-electron chi connectivity index (χ2n) is 3.65. The molecule has 0 unspecified atom stereocenters. The third kappa shape index (κ3) is 4.65. The van der Waals surface area contributed by atoms with E-state index in [1.807, 2.05) is 0 Å². The second kappa shape index (κ2) is 6.49. The van der Waals surface area contributed by atoms with Gasteiger partial charge in [-0.3, -0.25) is 9.59 Å². The smallest absolute Gasteiger partial charge is 0.303 e. The fraction of sp³-hybridized carbons (Fsp3) is 0.333. The number of benzene rings is 1. The Kier molecular flexibility index (Phi) is 5.28. The van der Waals surface area contributed by atoms with Crippen molar-refractivity contribution in [2.45, 2.75) is 25.7 Å². The molecule has 0 aliphatic heterocycles. The number of hydrogen-bond donors (Lipinski definition) is 1. The first-order valence-corrected chi connectivity index (χ1v) is 6.00. The molecule has 0 radical (unpaired) electrons. The highest BCUT2D eigenvalue weighted by Crippen LogP contribution is 2.18. The van der Waals surface area contributed by atoms with Crippen LogP contribution in [-0.2, 0) is 4.79 Å². The van der Waals surface area contributed by atoms with E-state index in [0.29, 0.717) is 18.4 Å². The molecule has 0 aromatic heterocycles. The maximum atomic E-state index is 12.9. The Labute approximate surface area is 107 Å². The van der Waals surface area contributed by atoms with Crippen LogP contribution < -0.4 is 0 Å². The summed E-state index contributed by atoms with van der Waals surface area (Å²) in [5.41, 5.74) is 0.439. The second-order valence-corrected chi connectivity index (χ2v) is 4.51. The predicted molar refractivity (Wildman–Crippen MR) is 64.5 cm³/mol. The van der Waals surface area contributed by atoms with Crippen LogP contribution in [0.5, 0.6) is 0 Å². The maximum absolute atomic E-state index is 12.9. The fourth-order valence-electron chi connectivity index (χ4n) is 1.38. The highest BCUT2D eigenvalue weighted by molar-refractivity contribution is 9.10. The van der Waals surface area contributed by atoms with Gasteiger partial charge in [-0.05, 0) is 47.0 Å². The van der Waals surface area contributed by atoms with Gasteiger partial charge in [-0.2, -0.15) is 0 Å². The van der Waals surface area contributed by atoms with Crippen LogP contribution in [0.25, 0.3) is 0 Å². The maximum Gasteiger partial charge on any atom is 0.303 e. The molecule has 0 amide bonds. The number of carbonyl (C=O) groups excluding carboxylic acids is 1. The number of unbranched alkanes of at least 4 members (excludes halogenated alkanes) is 1. The van der Waals surface area contributed by atoms with Crippen molar-refractivity contribution in [3.63, 3.8) is 0 Å². The third-order valence-corrected chi connectivity index (χ3v) is 2.89. The first-order chi connectivity index (χ1) is 8.00. The van der Waals surface area contributed by atoms with Crippen molar-refractivity contribution in [3.05, 3.63) is 34.1 Å². The summed E-state index contributed by atoms with van der Waals surface area (Å²) in [5, 5.41) is 8.43. The molecule has 1 N–H and O–H groups in total. The van der Waals surface area contributed by atoms with Crippen LogP contribution in [0.3, 0.4) is 0 Å². The van der Waals surface area contributed by atoms with E-state index in [4.69, 9.17) is 5.11 Å². The van der Waals surface area contributed by atoms with Gasteiger partial charge in [-0.15, -0.1) is 0 Å². The van der Waals surface area contributed by atoms with Gasteiger partial charge in [0, 0.05) is 18.4 Å². The van der Waals surface area contributed by atoms with Crippen molar-refractivity contribution in [3.8, 4) is 0 Å². The minimum Gasteiger partial charge on any atom is -0.481 e. The van der Waals surface area contributed by atoms with Crippen LogP contribution in [0.1, 0.15) is 36.0 Å². The Morgan fingerprint density at radius 3 is 2.47 bits per heavy atom. The van der Waals surface area contributed by atoms with Gasteiger partial charge in [0.25, 0.3) is 0 Å². The van der Waals surface area contributed by atoms with Crippen LogP contribution in [-0.4, -0.2) is 16.9 Å². The molecule has 0 atom stereocenters. The summed E-state index contributed by atoms with van der Waals surface area (Å²) in [4.78, 5) is 21.9. The molecule has 0 saturated heterocycles. The molecule has 0 spiro atoms. The Balaban J connectivity index is 2.47. The number of Topliss-reactive ketones (excluding diaryl/α,β-unsaturated/α-hetero) is 1. The number of rotatable bonds is 6. The lowest BCUT2D eigenvalue weighted by Gasteiger charge is -2.02. The summed E-state index contributed by atoms with van der Waals surface area (Å²) in [6.45, 7) is 0. The van der Waals surface area contributed by atoms with Crippen molar-refractivity contribution < 1.29 is 19.1 Å². The highest BCUT2D eigenvalue weighted by Gasteiger charge is 2.08. The molecule has 1 rings (SSSR count). The monoisotopic (exact) mass is 302 g/mol. The Morgan fingerprint density at radius 2 is 1.88 bits per heavy atom. The molecule has 17 heavy (non-hydrogen) atoms. The number of aliphatic carboxylic acids is 1. The summed E-state index contributed by atoms with van der Waals surface area (Å²) in [6.07, 6.45) is 1.36. The molecule has 0 bridgehead atoms. The van der Waals surface area contributed by atoms with Crippen molar-refractivity contribution in [2.24, 2.45) is 0 Å². The van der Waals surface area contributed by atoms with Gasteiger partial charge in [-0.1, -0.05) is 0 Å². The van der Waals surface area contributed by atoms with Gasteiger partial charge in [0.1, 0.15) is 5.82 Å². The van der Waals surface area contributed by atoms with E-state index in [-0.39, 0.29) is 23.1 Å². The normalized spacial score (nSPS) is 10.2. The minimum absolute atomic E-state index is 0.0698. The topological polar surface area (TPSA) is 54.4 Å². The summed E-state index contributed by atoms with van der Waals surface area (Å²) < 4.78 is 13.2. The predicted octanol–water partition coefficient (Wildman–Crippen LogP) is 3.42. The largest absolute Gasteiger partial charge is 0.481 e. The minimum atomic E-state index is -0.859. The van der Waals surface area contributed by atoms with E-state index < -0.39 is 11.8 Å². The van der Waals surface area contributed by atoms with Crippen LogP contribution in [0, 0.1) is 5.82 Å². The highest BCUT2D eigenvalue weighted by atomic mass is 79.9. The van der Waals surface area contributed by atoms with Crippen molar-refractivity contribution >= 4 is 27.7 Å². The third-order valence-electron chi connectivity index (χ3n) is 2.29. The summed E-state index contributed by atoms with van der Waals surface area (Å²) >= 11 is 3.01. The molecular weight excluding hydrogens is 291 g/mol. The van der Waals surface area contributed by atoms with Gasteiger partial charge in [0.2, 0.25) is 0 Å². The first-order valence-electron chi connectivity index (χ1n) is 5.20. The van der Waals surface area contributed by atoms with E-state index in [0.717, 1.165) is 0 Å². The zero-order valence-corrected chi connectivity index (χ0v) is 10.7. The molecule has 1 aromatic rings. The summed E-state index contributed by atoms with van der Waals surface area (Å²) in [7, 11) is 0. The van der Waals surface area contributed by atoms with Gasteiger partial charge in [0.05, 0.1) is 4.47 Å². The number of hydrogen-bond acceptors (Lipinski definition) is 2. The fourth-order valence-corrected chi connectivity index (χ4v) is 1.75.